The lowest BCUT2D eigenvalue weighted by molar-refractivity contribution is 0.0100. The van der Waals surface area contributed by atoms with Gasteiger partial charge in [0.25, 0.3) is 0 Å². The van der Waals surface area contributed by atoms with Gasteiger partial charge in [-0.05, 0) is 33.6 Å². The molecule has 1 rings (SSSR count). The summed E-state index contributed by atoms with van der Waals surface area (Å²) in [5, 5.41) is 9.26. The number of carbonyl (C=O) groups is 1. The van der Waals surface area contributed by atoms with Crippen LogP contribution in [0.4, 0.5) is 56.6 Å². The van der Waals surface area contributed by atoms with E-state index in [1.165, 1.54) is 0 Å². The van der Waals surface area contributed by atoms with Crippen LogP contribution in [0.1, 0.15) is 41.0 Å². The number of aliphatic hydroxyl groups is 1. The minimum atomic E-state index is -6.00. The third-order valence-electron chi connectivity index (χ3n) is 2.12. The highest BCUT2D eigenvalue weighted by Gasteiger charge is 2.25. The summed E-state index contributed by atoms with van der Waals surface area (Å²) in [5.74, 6) is 0. The number of halogens is 12. The maximum atomic E-state index is 11.5. The molecule has 0 aromatic carbocycles. The molecule has 0 atom stereocenters. The molecule has 1 N–H and O–H groups in total. The van der Waals surface area contributed by atoms with Crippen LogP contribution in [0.2, 0.25) is 0 Å². The number of hydrogen-bond donors (Lipinski definition) is 1. The van der Waals surface area contributed by atoms with Crippen LogP contribution >= 0.6 is 0 Å². The molecule has 0 aliphatic carbocycles. The lowest BCUT2D eigenvalue weighted by Crippen LogP contribution is -2.42. The van der Waals surface area contributed by atoms with Gasteiger partial charge in [-0.15, -0.1) is 0 Å². The van der Waals surface area contributed by atoms with Crippen LogP contribution in [0.3, 0.4) is 0 Å². The van der Waals surface area contributed by atoms with Crippen LogP contribution in [0, 0.1) is 0 Å². The molecule has 0 bridgehead atoms. The largest absolute Gasteiger partial charge is 0.673 e. The highest BCUT2D eigenvalue weighted by Crippen LogP contribution is 2.15. The van der Waals surface area contributed by atoms with Crippen LogP contribution in [-0.4, -0.2) is 62.7 Å². The summed E-state index contributed by atoms with van der Waals surface area (Å²) in [6.45, 7) is 6.74. The smallest absolute Gasteiger partial charge is 0.444 e. The van der Waals surface area contributed by atoms with Gasteiger partial charge in [-0.25, -0.2) is 4.79 Å². The van der Waals surface area contributed by atoms with Gasteiger partial charge in [0.1, 0.15) is 5.60 Å². The zero-order valence-electron chi connectivity index (χ0n) is 15.4. The first kappa shape index (κ1) is 36.0. The number of nitrogens with zero attached hydrogens (tertiary/aromatic N) is 1. The average molecular weight is 478 g/mol. The van der Waals surface area contributed by atoms with E-state index in [1.807, 2.05) is 20.8 Å². The van der Waals surface area contributed by atoms with Gasteiger partial charge in [-0.1, -0.05) is 7.43 Å². The standard InChI is InChI=1S/C10H19NO3.CH4.3BF4/c1-10(2,3)14-9(13)11-6-4-8(12)5-7-11;;3*2-1(3,4)5/h8,12H,4-7H2,1-3H3;1H4;;;/q;;3*-1. The fourth-order valence-electron chi connectivity index (χ4n) is 1.37. The molecule has 30 heavy (non-hydrogen) atoms. The highest BCUT2D eigenvalue weighted by atomic mass is 19.5. The Hall–Kier alpha value is -1.42. The van der Waals surface area contributed by atoms with Gasteiger partial charge in [0.2, 0.25) is 0 Å². The second-order valence-corrected chi connectivity index (χ2v) is 6.18. The molecule has 0 spiro atoms. The van der Waals surface area contributed by atoms with Gasteiger partial charge in [0.05, 0.1) is 6.10 Å². The summed E-state index contributed by atoms with van der Waals surface area (Å²) in [6.07, 6.45) is 0.775. The normalized spacial score (nSPS) is 15.1. The van der Waals surface area contributed by atoms with Gasteiger partial charge < -0.3 is 66.5 Å². The van der Waals surface area contributed by atoms with Crippen molar-refractivity contribution in [3.05, 3.63) is 0 Å². The van der Waals surface area contributed by atoms with E-state index in [4.69, 9.17) is 4.74 Å². The van der Waals surface area contributed by atoms with Crippen LogP contribution in [0.5, 0.6) is 0 Å². The van der Waals surface area contributed by atoms with Crippen molar-refractivity contribution in [3.63, 3.8) is 0 Å². The molecule has 0 unspecified atom stereocenters. The van der Waals surface area contributed by atoms with Crippen molar-refractivity contribution in [3.8, 4) is 0 Å². The van der Waals surface area contributed by atoms with Gasteiger partial charge in [-0.3, -0.25) is 0 Å². The Labute approximate surface area is 166 Å². The Bertz CT molecular complexity index is 399. The zero-order valence-corrected chi connectivity index (χ0v) is 15.4. The Morgan fingerprint density at radius 1 is 0.800 bits per heavy atom. The van der Waals surface area contributed by atoms with Crippen molar-refractivity contribution >= 4 is 27.9 Å². The Morgan fingerprint density at radius 2 is 1.03 bits per heavy atom. The van der Waals surface area contributed by atoms with E-state index < -0.39 is 27.4 Å². The molecule has 0 radical (unpaired) electrons. The first-order valence-electron chi connectivity index (χ1n) is 7.66. The average Bonchev–Trinajstić information content (AvgIpc) is 2.30. The lowest BCUT2D eigenvalue weighted by Gasteiger charge is -2.31. The van der Waals surface area contributed by atoms with Crippen molar-refractivity contribution in [2.75, 3.05) is 13.1 Å². The van der Waals surface area contributed by atoms with Crippen LogP contribution in [-0.2, 0) is 4.74 Å². The quantitative estimate of drug-likeness (QED) is 0.348. The first-order valence-corrected chi connectivity index (χ1v) is 7.66. The van der Waals surface area contributed by atoms with Gasteiger partial charge >= 0.3 is 27.9 Å². The number of aliphatic hydroxyl groups excluding tert-OH is 1. The molecule has 4 nitrogen and oxygen atoms in total. The minimum Gasteiger partial charge on any atom is -0.444 e. The van der Waals surface area contributed by atoms with E-state index >= 15 is 0 Å². The number of likely N-dealkylation sites (tertiary alicyclic amines) is 1. The van der Waals surface area contributed by atoms with Crippen molar-refractivity contribution in [2.45, 2.75) is 52.7 Å². The molecule has 19 heteroatoms. The number of ether oxygens (including phenoxy) is 1. The van der Waals surface area contributed by atoms with Gasteiger partial charge in [0, 0.05) is 13.1 Å². The van der Waals surface area contributed by atoms with E-state index in [0.29, 0.717) is 25.9 Å². The Kier molecular flexibility index (Phi) is 17.5. The van der Waals surface area contributed by atoms with Crippen LogP contribution < -0.4 is 0 Å². The molecule has 0 aromatic rings. The fourth-order valence-corrected chi connectivity index (χ4v) is 1.37. The molecule has 1 aliphatic rings. The molecule has 1 amide bonds. The third kappa shape index (κ3) is 56.3. The third-order valence-corrected chi connectivity index (χ3v) is 2.12. The Balaban J connectivity index is -0.000000176. The van der Waals surface area contributed by atoms with Crippen molar-refractivity contribution < 1.29 is 66.4 Å². The molecule has 186 valence electrons. The predicted octanol–water partition coefficient (Wildman–Crippen LogP) is 5.91. The van der Waals surface area contributed by atoms with Gasteiger partial charge in [-0.2, -0.15) is 0 Å². The van der Waals surface area contributed by atoms with Crippen LogP contribution in [0.15, 0.2) is 0 Å². The van der Waals surface area contributed by atoms with E-state index in [0.717, 1.165) is 0 Å². The summed E-state index contributed by atoms with van der Waals surface area (Å²) < 4.78 is 122. The molecule has 1 fully saturated rings. The second-order valence-electron chi connectivity index (χ2n) is 6.18. The number of hydrogen-bond acceptors (Lipinski definition) is 3. The van der Waals surface area contributed by atoms with Crippen molar-refractivity contribution in [2.24, 2.45) is 0 Å². The van der Waals surface area contributed by atoms with E-state index in [1.54, 1.807) is 4.90 Å². The molecular weight excluding hydrogens is 455 g/mol. The molecule has 1 aliphatic heterocycles. The summed E-state index contributed by atoms with van der Waals surface area (Å²) in [4.78, 5) is 13.2. The minimum absolute atomic E-state index is 0. The lowest BCUT2D eigenvalue weighted by atomic mass is 10.1. The summed E-state index contributed by atoms with van der Waals surface area (Å²) >= 11 is 0. The zero-order chi connectivity index (χ0) is 24.3. The van der Waals surface area contributed by atoms with Crippen LogP contribution in [0.25, 0.3) is 0 Å². The van der Waals surface area contributed by atoms with Crippen molar-refractivity contribution in [1.29, 1.82) is 0 Å². The molecule has 0 saturated carbocycles. The maximum Gasteiger partial charge on any atom is 0.673 e. The number of rotatable bonds is 0. The predicted molar refractivity (Wildman–Crippen MR) is 90.3 cm³/mol. The van der Waals surface area contributed by atoms with E-state index in [2.05, 4.69) is 0 Å². The molecule has 1 heterocycles. The Morgan fingerprint density at radius 3 is 1.23 bits per heavy atom. The highest BCUT2D eigenvalue weighted by molar-refractivity contribution is 6.50. The second kappa shape index (κ2) is 14.6. The number of amides is 1. The first-order chi connectivity index (χ1) is 12.4. The van der Waals surface area contributed by atoms with Crippen molar-refractivity contribution in [1.82, 2.24) is 4.90 Å². The van der Waals surface area contributed by atoms with E-state index in [9.17, 15) is 61.7 Å². The monoisotopic (exact) mass is 478 g/mol. The maximum absolute atomic E-state index is 11.5. The topological polar surface area (TPSA) is 49.8 Å². The number of piperidine rings is 1. The number of carbonyl (C=O) groups excluding carboxylic acids is 1. The summed E-state index contributed by atoms with van der Waals surface area (Å²) in [6, 6.07) is 0. The summed E-state index contributed by atoms with van der Waals surface area (Å²) in [7, 11) is -18.0. The van der Waals surface area contributed by atoms with Gasteiger partial charge in [0.15, 0.2) is 0 Å². The molecule has 0 aromatic heterocycles. The summed E-state index contributed by atoms with van der Waals surface area (Å²) in [5.41, 5.74) is -0.437. The fraction of sp³-hybridized carbons (Fsp3) is 0.909. The molecule has 1 saturated heterocycles. The SMILES string of the molecule is C.CC(C)(C)OC(=O)N1CCC(O)CC1.F[B-](F)(F)F.F[B-](F)(F)F.F[B-](F)(F)F. The molecular formula is C11H23B3F12NO3-3. The van der Waals surface area contributed by atoms with E-state index in [-0.39, 0.29) is 19.6 Å².